The van der Waals surface area contributed by atoms with E-state index in [-0.39, 0.29) is 6.10 Å². The van der Waals surface area contributed by atoms with Crippen molar-refractivity contribution in [2.75, 3.05) is 26.3 Å². The highest BCUT2D eigenvalue weighted by Crippen LogP contribution is 2.35. The standard InChI is InChI=1S/C17H25NO3/c1-12(2)18-8-10-20-15(11-18)16(19)14-7-3-5-13-6-4-9-21-17(13)14/h3,5,7,12,15-16,19H,4,6,8-11H2,1-2H3. The maximum atomic E-state index is 10.8. The van der Waals surface area contributed by atoms with E-state index in [4.69, 9.17) is 9.47 Å². The molecule has 1 fully saturated rings. The second kappa shape index (κ2) is 6.34. The Morgan fingerprint density at radius 1 is 1.29 bits per heavy atom. The summed E-state index contributed by atoms with van der Waals surface area (Å²) in [6.07, 6.45) is 1.27. The van der Waals surface area contributed by atoms with Crippen LogP contribution in [0.3, 0.4) is 0 Å². The summed E-state index contributed by atoms with van der Waals surface area (Å²) in [5.41, 5.74) is 2.08. The zero-order valence-electron chi connectivity index (χ0n) is 12.9. The van der Waals surface area contributed by atoms with Gasteiger partial charge in [0, 0.05) is 24.7 Å². The van der Waals surface area contributed by atoms with Crippen molar-refractivity contribution >= 4 is 0 Å². The number of morpholine rings is 1. The van der Waals surface area contributed by atoms with Crippen molar-refractivity contribution in [2.45, 2.75) is 44.9 Å². The molecule has 0 aromatic heterocycles. The molecular weight excluding hydrogens is 266 g/mol. The molecule has 1 N–H and O–H groups in total. The second-order valence-corrected chi connectivity index (χ2v) is 6.23. The highest BCUT2D eigenvalue weighted by Gasteiger charge is 2.31. The second-order valence-electron chi connectivity index (χ2n) is 6.23. The third kappa shape index (κ3) is 3.07. The van der Waals surface area contributed by atoms with Crippen LogP contribution in [-0.4, -0.2) is 48.5 Å². The lowest BCUT2D eigenvalue weighted by Crippen LogP contribution is -2.47. The lowest BCUT2D eigenvalue weighted by Gasteiger charge is -2.38. The van der Waals surface area contributed by atoms with Gasteiger partial charge < -0.3 is 14.6 Å². The van der Waals surface area contributed by atoms with Crippen LogP contribution in [-0.2, 0) is 11.2 Å². The van der Waals surface area contributed by atoms with E-state index in [0.29, 0.717) is 12.6 Å². The molecule has 1 aromatic carbocycles. The van der Waals surface area contributed by atoms with Gasteiger partial charge in [-0.05, 0) is 32.3 Å². The average Bonchev–Trinajstić information content (AvgIpc) is 2.53. The molecule has 2 atom stereocenters. The fraction of sp³-hybridized carbons (Fsp3) is 0.647. The molecule has 2 heterocycles. The lowest BCUT2D eigenvalue weighted by molar-refractivity contribution is -0.0967. The number of nitrogens with zero attached hydrogens (tertiary/aromatic N) is 1. The molecule has 4 heteroatoms. The molecule has 116 valence electrons. The van der Waals surface area contributed by atoms with Gasteiger partial charge in [0.1, 0.15) is 18.0 Å². The fourth-order valence-corrected chi connectivity index (χ4v) is 3.20. The predicted octanol–water partition coefficient (Wildman–Crippen LogP) is 2.15. The van der Waals surface area contributed by atoms with E-state index in [1.165, 1.54) is 5.56 Å². The van der Waals surface area contributed by atoms with Crippen LogP contribution in [0.4, 0.5) is 0 Å². The molecule has 3 rings (SSSR count). The number of aliphatic hydroxyl groups is 1. The van der Waals surface area contributed by atoms with Gasteiger partial charge in [-0.2, -0.15) is 0 Å². The number of hydrogen-bond donors (Lipinski definition) is 1. The average molecular weight is 291 g/mol. The Bertz CT molecular complexity index is 489. The number of aryl methyl sites for hydroxylation is 1. The molecular formula is C17H25NO3. The number of ether oxygens (including phenoxy) is 2. The maximum Gasteiger partial charge on any atom is 0.128 e. The van der Waals surface area contributed by atoms with Gasteiger partial charge in [0.25, 0.3) is 0 Å². The Labute approximate surface area is 126 Å². The predicted molar refractivity (Wildman–Crippen MR) is 81.7 cm³/mol. The highest BCUT2D eigenvalue weighted by molar-refractivity contribution is 5.44. The van der Waals surface area contributed by atoms with Gasteiger partial charge >= 0.3 is 0 Å². The number of rotatable bonds is 3. The summed E-state index contributed by atoms with van der Waals surface area (Å²) in [6, 6.07) is 6.54. The van der Waals surface area contributed by atoms with E-state index in [1.54, 1.807) is 0 Å². The van der Waals surface area contributed by atoms with Crippen molar-refractivity contribution < 1.29 is 14.6 Å². The Balaban J connectivity index is 1.80. The van der Waals surface area contributed by atoms with Gasteiger partial charge in [0.05, 0.1) is 13.2 Å². The van der Waals surface area contributed by atoms with Crippen LogP contribution >= 0.6 is 0 Å². The van der Waals surface area contributed by atoms with Gasteiger partial charge in [0.15, 0.2) is 0 Å². The topological polar surface area (TPSA) is 41.9 Å². The summed E-state index contributed by atoms with van der Waals surface area (Å²) in [6.45, 7) is 7.48. The van der Waals surface area contributed by atoms with Crippen molar-refractivity contribution in [3.8, 4) is 5.75 Å². The summed E-state index contributed by atoms with van der Waals surface area (Å²) >= 11 is 0. The highest BCUT2D eigenvalue weighted by atomic mass is 16.5. The van der Waals surface area contributed by atoms with Crippen molar-refractivity contribution in [1.82, 2.24) is 4.90 Å². The SMILES string of the molecule is CC(C)N1CCOC(C(O)c2cccc3c2OCCC3)C1. The molecule has 0 aliphatic carbocycles. The summed E-state index contributed by atoms with van der Waals surface area (Å²) in [5, 5.41) is 10.8. The number of benzene rings is 1. The molecule has 21 heavy (non-hydrogen) atoms. The van der Waals surface area contributed by atoms with Crippen LogP contribution in [0.15, 0.2) is 18.2 Å². The maximum absolute atomic E-state index is 10.8. The van der Waals surface area contributed by atoms with Crippen LogP contribution in [0.5, 0.6) is 5.75 Å². The Morgan fingerprint density at radius 3 is 2.95 bits per heavy atom. The first-order chi connectivity index (χ1) is 10.2. The molecule has 2 aliphatic rings. The molecule has 0 radical (unpaired) electrons. The van der Waals surface area contributed by atoms with Crippen molar-refractivity contribution in [1.29, 1.82) is 0 Å². The molecule has 2 aliphatic heterocycles. The quantitative estimate of drug-likeness (QED) is 0.926. The lowest BCUT2D eigenvalue weighted by atomic mass is 9.96. The van der Waals surface area contributed by atoms with Crippen LogP contribution in [0.2, 0.25) is 0 Å². The number of fused-ring (bicyclic) bond motifs is 1. The van der Waals surface area contributed by atoms with Gasteiger partial charge in [0.2, 0.25) is 0 Å². The van der Waals surface area contributed by atoms with Gasteiger partial charge in [-0.1, -0.05) is 18.2 Å². The first kappa shape index (κ1) is 14.8. The summed E-state index contributed by atoms with van der Waals surface area (Å²) in [7, 11) is 0. The van der Waals surface area contributed by atoms with Crippen molar-refractivity contribution in [2.24, 2.45) is 0 Å². The van der Waals surface area contributed by atoms with E-state index >= 15 is 0 Å². The Morgan fingerprint density at radius 2 is 2.14 bits per heavy atom. The van der Waals surface area contributed by atoms with Crippen LogP contribution in [0.1, 0.15) is 37.5 Å². The van der Waals surface area contributed by atoms with Crippen LogP contribution < -0.4 is 4.74 Å². The normalized spacial score (nSPS) is 24.5. The molecule has 1 aromatic rings. The molecule has 1 saturated heterocycles. The van der Waals surface area contributed by atoms with Crippen molar-refractivity contribution in [3.63, 3.8) is 0 Å². The third-order valence-corrected chi connectivity index (χ3v) is 4.49. The molecule has 0 saturated carbocycles. The van der Waals surface area contributed by atoms with Crippen molar-refractivity contribution in [3.05, 3.63) is 29.3 Å². The Kier molecular flexibility index (Phi) is 4.48. The minimum Gasteiger partial charge on any atom is -0.493 e. The summed E-state index contributed by atoms with van der Waals surface area (Å²) < 4.78 is 11.6. The largest absolute Gasteiger partial charge is 0.493 e. The molecule has 2 unspecified atom stereocenters. The van der Waals surface area contributed by atoms with E-state index in [9.17, 15) is 5.11 Å². The Hall–Kier alpha value is -1.10. The monoisotopic (exact) mass is 291 g/mol. The minimum absolute atomic E-state index is 0.182. The molecule has 0 spiro atoms. The number of para-hydroxylation sites is 1. The van der Waals surface area contributed by atoms with Gasteiger partial charge in [-0.25, -0.2) is 0 Å². The smallest absolute Gasteiger partial charge is 0.128 e. The molecule has 0 bridgehead atoms. The molecule has 4 nitrogen and oxygen atoms in total. The van der Waals surface area contributed by atoms with E-state index in [1.807, 2.05) is 12.1 Å². The zero-order valence-corrected chi connectivity index (χ0v) is 12.9. The number of aliphatic hydroxyl groups excluding tert-OH is 1. The summed E-state index contributed by atoms with van der Waals surface area (Å²) in [5.74, 6) is 0.876. The van der Waals surface area contributed by atoms with E-state index in [0.717, 1.165) is 43.9 Å². The zero-order chi connectivity index (χ0) is 14.8. The first-order valence-corrected chi connectivity index (χ1v) is 7.95. The minimum atomic E-state index is -0.625. The summed E-state index contributed by atoms with van der Waals surface area (Å²) in [4.78, 5) is 2.35. The third-order valence-electron chi connectivity index (χ3n) is 4.49. The van der Waals surface area contributed by atoms with Gasteiger partial charge in [-0.3, -0.25) is 4.90 Å². The van der Waals surface area contributed by atoms with E-state index in [2.05, 4.69) is 24.8 Å². The first-order valence-electron chi connectivity index (χ1n) is 7.95. The fourth-order valence-electron chi connectivity index (χ4n) is 3.20. The van der Waals surface area contributed by atoms with Gasteiger partial charge in [-0.15, -0.1) is 0 Å². The van der Waals surface area contributed by atoms with Crippen LogP contribution in [0.25, 0.3) is 0 Å². The van der Waals surface area contributed by atoms with E-state index < -0.39 is 6.10 Å². The molecule has 0 amide bonds. The van der Waals surface area contributed by atoms with Crippen LogP contribution in [0, 0.1) is 0 Å². The number of hydrogen-bond acceptors (Lipinski definition) is 4.